The number of hydrogen-bond acceptors (Lipinski definition) is 3. The maximum Gasteiger partial charge on any atom is 0.253 e. The van der Waals surface area contributed by atoms with Crippen LogP contribution in [0.4, 0.5) is 0 Å². The zero-order valence-electron chi connectivity index (χ0n) is 14.0. The molecule has 0 saturated heterocycles. The first-order chi connectivity index (χ1) is 11.1. The molecule has 2 heterocycles. The maximum atomic E-state index is 12.9. The third-order valence-corrected chi connectivity index (χ3v) is 5.30. The Balaban J connectivity index is 1.50. The molecule has 2 saturated carbocycles. The molecule has 4 nitrogen and oxygen atoms in total. The fourth-order valence-electron chi connectivity index (χ4n) is 3.49. The predicted molar refractivity (Wildman–Crippen MR) is 86.7 cm³/mol. The molecule has 1 amide bonds. The minimum Gasteiger partial charge on any atom is -0.498 e. The van der Waals surface area contributed by atoms with Crippen LogP contribution < -0.4 is 0 Å². The first-order valence-corrected chi connectivity index (χ1v) is 8.85. The first kappa shape index (κ1) is 14.9. The Morgan fingerprint density at radius 3 is 2.78 bits per heavy atom. The monoisotopic (exact) mass is 315 g/mol. The van der Waals surface area contributed by atoms with Gasteiger partial charge in [-0.15, -0.1) is 0 Å². The van der Waals surface area contributed by atoms with Gasteiger partial charge in [-0.1, -0.05) is 6.92 Å². The van der Waals surface area contributed by atoms with Gasteiger partial charge in [0.25, 0.3) is 5.91 Å². The van der Waals surface area contributed by atoms with Gasteiger partial charge in [-0.3, -0.25) is 4.79 Å². The summed E-state index contributed by atoms with van der Waals surface area (Å²) in [6.07, 6.45) is 5.19. The Hall–Kier alpha value is -1.71. The smallest absolute Gasteiger partial charge is 0.253 e. The first-order valence-electron chi connectivity index (χ1n) is 8.85. The Bertz CT molecular complexity index is 641. The van der Waals surface area contributed by atoms with Gasteiger partial charge in [-0.2, -0.15) is 0 Å². The summed E-state index contributed by atoms with van der Waals surface area (Å²) in [5, 5.41) is 0. The van der Waals surface area contributed by atoms with Crippen molar-refractivity contribution in [3.8, 4) is 0 Å². The van der Waals surface area contributed by atoms with Crippen molar-refractivity contribution in [2.24, 2.45) is 5.92 Å². The van der Waals surface area contributed by atoms with E-state index in [1.807, 2.05) is 17.9 Å². The second-order valence-electron chi connectivity index (χ2n) is 7.27. The van der Waals surface area contributed by atoms with E-state index in [4.69, 9.17) is 9.15 Å². The minimum atomic E-state index is 0.141. The van der Waals surface area contributed by atoms with E-state index < -0.39 is 0 Å². The number of allylic oxidation sites excluding steroid dienone is 1. The summed E-state index contributed by atoms with van der Waals surface area (Å²) >= 11 is 0. The van der Waals surface area contributed by atoms with Gasteiger partial charge < -0.3 is 14.1 Å². The van der Waals surface area contributed by atoms with Crippen LogP contribution in [-0.4, -0.2) is 23.5 Å². The lowest BCUT2D eigenvalue weighted by Crippen LogP contribution is -2.35. The van der Waals surface area contributed by atoms with Crippen LogP contribution in [-0.2, 0) is 16.1 Å². The highest BCUT2D eigenvalue weighted by Gasteiger charge is 2.38. The van der Waals surface area contributed by atoms with Gasteiger partial charge in [0.15, 0.2) is 0 Å². The van der Waals surface area contributed by atoms with E-state index in [-0.39, 0.29) is 5.91 Å². The molecule has 2 aliphatic carbocycles. The molecular formula is C19H25NO3. The SMILES string of the molecule is CC1=C(C(=O)N(Cc2ccc([C@H]3C[C@@H]3C)o2)C2CC2)CCCO1. The van der Waals surface area contributed by atoms with Crippen molar-refractivity contribution < 1.29 is 13.9 Å². The van der Waals surface area contributed by atoms with Gasteiger partial charge in [0.2, 0.25) is 0 Å². The van der Waals surface area contributed by atoms with Crippen LogP contribution >= 0.6 is 0 Å². The molecule has 1 aliphatic heterocycles. The summed E-state index contributed by atoms with van der Waals surface area (Å²) in [6, 6.07) is 4.51. The molecule has 23 heavy (non-hydrogen) atoms. The fourth-order valence-corrected chi connectivity index (χ4v) is 3.49. The Morgan fingerprint density at radius 1 is 1.35 bits per heavy atom. The van der Waals surface area contributed by atoms with Crippen LogP contribution in [0.3, 0.4) is 0 Å². The number of rotatable bonds is 5. The molecule has 0 bridgehead atoms. The van der Waals surface area contributed by atoms with Gasteiger partial charge in [0.1, 0.15) is 17.3 Å². The summed E-state index contributed by atoms with van der Waals surface area (Å²) in [7, 11) is 0. The third-order valence-electron chi connectivity index (χ3n) is 5.30. The molecule has 1 aromatic heterocycles. The van der Waals surface area contributed by atoms with Crippen molar-refractivity contribution >= 4 is 5.91 Å². The lowest BCUT2D eigenvalue weighted by molar-refractivity contribution is -0.129. The van der Waals surface area contributed by atoms with Crippen LogP contribution in [0.15, 0.2) is 27.9 Å². The van der Waals surface area contributed by atoms with E-state index in [2.05, 4.69) is 13.0 Å². The summed E-state index contributed by atoms with van der Waals surface area (Å²) in [5.74, 6) is 4.27. The highest BCUT2D eigenvalue weighted by molar-refractivity contribution is 5.94. The standard InChI is InChI=1S/C19H25NO3/c1-12-10-17(12)18-8-7-15(23-18)11-20(14-5-6-14)19(21)16-4-3-9-22-13(16)2/h7-8,12,14,17H,3-6,9-11H2,1-2H3/t12-,17-/m0/s1. The van der Waals surface area contributed by atoms with Crippen molar-refractivity contribution in [2.45, 2.75) is 64.5 Å². The molecule has 2 fully saturated rings. The number of carbonyl (C=O) groups is 1. The van der Waals surface area contributed by atoms with E-state index in [9.17, 15) is 4.79 Å². The zero-order valence-corrected chi connectivity index (χ0v) is 14.0. The van der Waals surface area contributed by atoms with Crippen molar-refractivity contribution in [3.05, 3.63) is 35.0 Å². The second kappa shape index (κ2) is 5.73. The van der Waals surface area contributed by atoms with Gasteiger partial charge in [0.05, 0.1) is 18.7 Å². The Labute approximate surface area is 137 Å². The van der Waals surface area contributed by atoms with Crippen molar-refractivity contribution in [2.75, 3.05) is 6.61 Å². The Morgan fingerprint density at radius 2 is 2.13 bits per heavy atom. The van der Waals surface area contributed by atoms with Gasteiger partial charge >= 0.3 is 0 Å². The average Bonchev–Trinajstić information content (AvgIpc) is 3.46. The molecule has 0 unspecified atom stereocenters. The molecule has 0 spiro atoms. The van der Waals surface area contributed by atoms with E-state index in [1.54, 1.807) is 0 Å². The van der Waals surface area contributed by atoms with Crippen LogP contribution in [0.2, 0.25) is 0 Å². The summed E-state index contributed by atoms with van der Waals surface area (Å²) < 4.78 is 11.6. The third kappa shape index (κ3) is 3.04. The average molecular weight is 315 g/mol. The number of furan rings is 1. The predicted octanol–water partition coefficient (Wildman–Crippen LogP) is 3.98. The molecule has 1 aromatic rings. The van der Waals surface area contributed by atoms with Gasteiger partial charge in [-0.25, -0.2) is 0 Å². The van der Waals surface area contributed by atoms with Crippen molar-refractivity contribution in [3.63, 3.8) is 0 Å². The summed E-state index contributed by atoms with van der Waals surface area (Å²) in [4.78, 5) is 14.9. The number of amides is 1. The van der Waals surface area contributed by atoms with Crippen LogP contribution in [0.1, 0.15) is 63.4 Å². The van der Waals surface area contributed by atoms with Crippen LogP contribution in [0, 0.1) is 5.92 Å². The van der Waals surface area contributed by atoms with Gasteiger partial charge in [0, 0.05) is 12.0 Å². The molecule has 0 aromatic carbocycles. The van der Waals surface area contributed by atoms with Crippen molar-refractivity contribution in [1.82, 2.24) is 4.90 Å². The largest absolute Gasteiger partial charge is 0.498 e. The highest BCUT2D eigenvalue weighted by atomic mass is 16.5. The summed E-state index contributed by atoms with van der Waals surface area (Å²) in [6.45, 7) is 5.48. The van der Waals surface area contributed by atoms with Gasteiger partial charge in [-0.05, 0) is 57.1 Å². The number of ether oxygens (including phenoxy) is 1. The minimum absolute atomic E-state index is 0.141. The fraction of sp³-hybridized carbons (Fsp3) is 0.632. The van der Waals surface area contributed by atoms with Crippen molar-refractivity contribution in [1.29, 1.82) is 0 Å². The number of nitrogens with zero attached hydrogens (tertiary/aromatic N) is 1. The number of carbonyl (C=O) groups excluding carboxylic acids is 1. The quantitative estimate of drug-likeness (QED) is 0.825. The van der Waals surface area contributed by atoms with Crippen LogP contribution in [0.5, 0.6) is 0 Å². The molecule has 3 aliphatic rings. The maximum absolute atomic E-state index is 12.9. The molecule has 4 rings (SSSR count). The highest BCUT2D eigenvalue weighted by Crippen LogP contribution is 2.47. The van der Waals surface area contributed by atoms with E-state index in [0.29, 0.717) is 18.5 Å². The molecule has 2 atom stereocenters. The molecule has 0 radical (unpaired) electrons. The van der Waals surface area contributed by atoms with E-state index in [1.165, 1.54) is 6.42 Å². The molecule has 4 heteroatoms. The lowest BCUT2D eigenvalue weighted by atomic mass is 10.1. The normalized spacial score (nSPS) is 26.9. The lowest BCUT2D eigenvalue weighted by Gasteiger charge is -2.26. The molecule has 0 N–H and O–H groups in total. The van der Waals surface area contributed by atoms with Crippen LogP contribution in [0.25, 0.3) is 0 Å². The van der Waals surface area contributed by atoms with E-state index >= 15 is 0 Å². The number of hydrogen-bond donors (Lipinski definition) is 0. The van der Waals surface area contributed by atoms with E-state index in [0.717, 1.165) is 61.1 Å². The summed E-state index contributed by atoms with van der Waals surface area (Å²) in [5.41, 5.74) is 0.853. The topological polar surface area (TPSA) is 42.7 Å². The second-order valence-corrected chi connectivity index (χ2v) is 7.27. The zero-order chi connectivity index (χ0) is 16.0. The Kier molecular flexibility index (Phi) is 3.70. The molecular weight excluding hydrogens is 290 g/mol. The molecule has 124 valence electrons.